The highest BCUT2D eigenvalue weighted by atomic mass is 19.4. The van der Waals surface area contributed by atoms with Crippen LogP contribution < -0.4 is 36.1 Å². The van der Waals surface area contributed by atoms with Crippen molar-refractivity contribution >= 4 is 68.3 Å². The van der Waals surface area contributed by atoms with Crippen LogP contribution in [-0.4, -0.2) is 153 Å². The van der Waals surface area contributed by atoms with Gasteiger partial charge in [-0.25, -0.2) is 63.3 Å². The van der Waals surface area contributed by atoms with Gasteiger partial charge in [0.25, 0.3) is 0 Å². The number of nitrogen functional groups attached to an aromatic ring is 3. The maximum Gasteiger partial charge on any atom is 0.416 e. The maximum absolute atomic E-state index is 15.2. The van der Waals surface area contributed by atoms with E-state index in [9.17, 15) is 27.6 Å². The van der Waals surface area contributed by atoms with Crippen molar-refractivity contribution in [3.05, 3.63) is 196 Å². The molecule has 3 saturated heterocycles. The molecule has 3 amide bonds. The number of pyridine rings is 3. The number of amides is 3. The number of carbonyl (C=O) groups is 3. The molecule has 106 heavy (non-hydrogen) atoms. The smallest absolute Gasteiger partial charge is 0.416 e. The number of nitrogens with zero attached hydrogens (tertiary/aromatic N) is 18. The molecule has 3 aliphatic heterocycles. The first kappa shape index (κ1) is 71.1. The van der Waals surface area contributed by atoms with E-state index in [1.807, 2.05) is 53.2 Å². The average molecular weight is 1440 g/mol. The SMILES string of the molecule is C=CC(=O)N1CCC[C@@H](n2nc(-c3ccc(Oc4ccc(C(F)(F)F)cc4)nc3)c3c(N)ncnc32)C1.C=CC(=O)N1CCC[C@@H](n2nc(-c3ccc(Oc4ccc(OC)cc4)nc3)c3c(N)ncnc32)C1.C=CC(=O)N1CCC[C@@H](n2nc(-c3cnc(Oc4ccccc4)cc3F)c3c(N)ncnc32)C1. The highest BCUT2D eigenvalue weighted by Crippen LogP contribution is 2.40. The van der Waals surface area contributed by atoms with Gasteiger partial charge in [0.1, 0.15) is 82.3 Å². The van der Waals surface area contributed by atoms with Gasteiger partial charge >= 0.3 is 6.18 Å². The third-order valence-electron chi connectivity index (χ3n) is 18.0. The first-order chi connectivity index (χ1) is 51.4. The molecule has 12 heterocycles. The summed E-state index contributed by atoms with van der Waals surface area (Å²) in [6, 6.07) is 28.5. The number of para-hydroxylation sites is 1. The molecule has 3 aromatic carbocycles. The van der Waals surface area contributed by atoms with Crippen LogP contribution in [0.4, 0.5) is 35.0 Å². The van der Waals surface area contributed by atoms with Crippen molar-refractivity contribution < 1.29 is 50.9 Å². The van der Waals surface area contributed by atoms with Gasteiger partial charge in [0.05, 0.1) is 52.5 Å². The standard InChI is InChI=1S/C25H22F3N7O2.C25H25N7O3.C24H22FN7O2/c1-2-20(36)34-11-3-4-17(13-34)35-24-21(23(29)31-14-32-24)22(33-35)15-5-10-19(30-12-15)37-18-8-6-16(7-9-18)25(26,27)28;1-3-21(33)31-12-4-5-17(14-31)32-25-22(24(26)28-15-29-25)23(30-32)16-6-11-20(27-13-16)35-19-9-7-18(34-2)8-10-19;1-2-20(33)31-10-6-7-15(13-31)32-24-21(23(26)28-14-29-24)22(30-32)17-12-27-19(11-18(17)25)34-16-8-4-3-5-9-16/h2,5-10,12,14,17H,1,3-4,11,13H2,(H2,29,31,32);3,6-11,13,15,17H,1,4-5,12,14H2,2H3,(H2,26,28,29);2-5,8-9,11-12,14-15H,1,6-7,10,13H2,(H2,26,28,29)/t2*17-;15-/m111/s1. The quantitative estimate of drug-likeness (QED) is 0.0597. The van der Waals surface area contributed by atoms with Gasteiger partial charge in [-0.3, -0.25) is 14.4 Å². The van der Waals surface area contributed by atoms with Crippen LogP contribution in [0.15, 0.2) is 185 Å². The van der Waals surface area contributed by atoms with Crippen molar-refractivity contribution in [3.63, 3.8) is 0 Å². The second kappa shape index (κ2) is 31.1. The molecule has 15 rings (SSSR count). The van der Waals surface area contributed by atoms with Gasteiger partial charge in [0, 0.05) is 87.2 Å². The highest BCUT2D eigenvalue weighted by molar-refractivity contribution is 6.00. The number of rotatable bonds is 16. The molecule has 32 heteroatoms. The Morgan fingerprint density at radius 3 is 1.24 bits per heavy atom. The fraction of sp³-hybridized carbons (Fsp3) is 0.230. The van der Waals surface area contributed by atoms with Crippen molar-refractivity contribution in [2.75, 3.05) is 63.6 Å². The zero-order chi connectivity index (χ0) is 74.2. The predicted molar refractivity (Wildman–Crippen MR) is 385 cm³/mol. The lowest BCUT2D eigenvalue weighted by Crippen LogP contribution is -2.40. The molecular weight excluding hydrogens is 1370 g/mol. The molecule has 540 valence electrons. The Bertz CT molecular complexity index is 5220. The normalized spacial score (nSPS) is 15.9. The number of piperidine rings is 3. The number of aromatic nitrogens is 15. The van der Waals surface area contributed by atoms with E-state index in [1.165, 1.54) is 67.8 Å². The minimum atomic E-state index is -4.42. The van der Waals surface area contributed by atoms with E-state index in [4.69, 9.17) is 46.3 Å². The summed E-state index contributed by atoms with van der Waals surface area (Å²) in [7, 11) is 1.62. The zero-order valence-electron chi connectivity index (χ0n) is 57.1. The molecule has 0 aliphatic carbocycles. The van der Waals surface area contributed by atoms with Crippen molar-refractivity contribution in [2.45, 2.75) is 62.8 Å². The van der Waals surface area contributed by atoms with Crippen molar-refractivity contribution in [1.82, 2.24) is 88.9 Å². The van der Waals surface area contributed by atoms with E-state index in [0.717, 1.165) is 62.0 Å². The highest BCUT2D eigenvalue weighted by Gasteiger charge is 2.34. The molecule has 0 saturated carbocycles. The first-order valence-electron chi connectivity index (χ1n) is 33.6. The first-order valence-corrected chi connectivity index (χ1v) is 33.6. The van der Waals surface area contributed by atoms with Crippen LogP contribution in [0, 0.1) is 5.82 Å². The number of hydrogen-bond acceptors (Lipinski definition) is 22. The summed E-state index contributed by atoms with van der Waals surface area (Å²) >= 11 is 0. The third kappa shape index (κ3) is 15.4. The molecule has 0 unspecified atom stereocenters. The van der Waals surface area contributed by atoms with Crippen LogP contribution in [0.3, 0.4) is 0 Å². The Hall–Kier alpha value is -13.3. The number of methoxy groups -OCH3 is 1. The van der Waals surface area contributed by atoms with E-state index in [2.05, 4.69) is 69.7 Å². The Balaban J connectivity index is 0.000000141. The molecule has 9 aromatic heterocycles. The van der Waals surface area contributed by atoms with Gasteiger partial charge in [0.2, 0.25) is 35.4 Å². The predicted octanol–water partition coefficient (Wildman–Crippen LogP) is 12.0. The number of nitrogens with two attached hydrogens (primary N) is 3. The van der Waals surface area contributed by atoms with Crippen molar-refractivity contribution in [1.29, 1.82) is 0 Å². The van der Waals surface area contributed by atoms with Crippen LogP contribution in [0.25, 0.3) is 66.9 Å². The molecule has 28 nitrogen and oxygen atoms in total. The van der Waals surface area contributed by atoms with E-state index >= 15 is 4.39 Å². The molecule has 3 fully saturated rings. The number of likely N-dealkylation sites (tertiary alicyclic amines) is 3. The monoisotopic (exact) mass is 1440 g/mol. The number of carbonyl (C=O) groups excluding carboxylic acids is 3. The summed E-state index contributed by atoms with van der Waals surface area (Å²) in [6.07, 6.45) is 13.2. The number of alkyl halides is 3. The molecule has 0 radical (unpaired) electrons. The number of anilines is 3. The largest absolute Gasteiger partial charge is 0.497 e. The maximum atomic E-state index is 15.2. The summed E-state index contributed by atoms with van der Waals surface area (Å²) in [6.45, 7) is 14.2. The van der Waals surface area contributed by atoms with Gasteiger partial charge in [0.15, 0.2) is 16.9 Å². The topological polar surface area (TPSA) is 345 Å². The number of hydrogen-bond donors (Lipinski definition) is 3. The van der Waals surface area contributed by atoms with Gasteiger partial charge in [-0.2, -0.15) is 28.5 Å². The Labute approximate surface area is 602 Å². The van der Waals surface area contributed by atoms with Crippen molar-refractivity contribution in [3.8, 4) is 74.4 Å². The van der Waals surface area contributed by atoms with Crippen molar-refractivity contribution in [2.24, 2.45) is 0 Å². The Morgan fingerprint density at radius 2 is 0.849 bits per heavy atom. The van der Waals surface area contributed by atoms with E-state index < -0.39 is 17.6 Å². The van der Waals surface area contributed by atoms with Gasteiger partial charge in [-0.1, -0.05) is 37.9 Å². The van der Waals surface area contributed by atoms with Gasteiger partial charge in [-0.05, 0) is 130 Å². The summed E-state index contributed by atoms with van der Waals surface area (Å²) < 4.78 is 81.2. The van der Waals surface area contributed by atoms with Gasteiger partial charge < -0.3 is 50.8 Å². The average Bonchev–Trinajstić information content (AvgIpc) is 1.62. The Morgan fingerprint density at radius 1 is 0.472 bits per heavy atom. The fourth-order valence-corrected chi connectivity index (χ4v) is 12.8. The molecule has 3 aliphatic rings. The summed E-state index contributed by atoms with van der Waals surface area (Å²) in [4.78, 5) is 80.4. The van der Waals surface area contributed by atoms with Crippen LogP contribution in [0.1, 0.15) is 62.2 Å². The van der Waals surface area contributed by atoms with Crippen LogP contribution in [0.2, 0.25) is 0 Å². The fourth-order valence-electron chi connectivity index (χ4n) is 12.8. The van der Waals surface area contributed by atoms with Crippen LogP contribution in [0.5, 0.6) is 40.6 Å². The molecule has 6 N–H and O–H groups in total. The summed E-state index contributed by atoms with van der Waals surface area (Å²) in [5, 5.41) is 16.0. The van der Waals surface area contributed by atoms with Crippen LogP contribution >= 0.6 is 0 Å². The van der Waals surface area contributed by atoms with E-state index in [1.54, 1.807) is 67.7 Å². The second-order valence-corrected chi connectivity index (χ2v) is 24.7. The molecule has 12 aromatic rings. The lowest BCUT2D eigenvalue weighted by molar-refractivity contribution is -0.137. The number of halogens is 4. The number of ether oxygens (including phenoxy) is 4. The lowest BCUT2D eigenvalue weighted by atomic mass is 10.1. The lowest BCUT2D eigenvalue weighted by Gasteiger charge is -2.32. The summed E-state index contributed by atoms with van der Waals surface area (Å²) in [5.74, 6) is 2.77. The summed E-state index contributed by atoms with van der Waals surface area (Å²) in [5.41, 5.74) is 22.5. The molecular formula is C74H69F4N21O7. The van der Waals surface area contributed by atoms with Crippen LogP contribution in [-0.2, 0) is 20.6 Å². The minimum absolute atomic E-state index is 0.0381. The number of fused-ring (bicyclic) bond motifs is 3. The molecule has 0 spiro atoms. The minimum Gasteiger partial charge on any atom is -0.497 e. The van der Waals surface area contributed by atoms with Gasteiger partial charge in [-0.15, -0.1) is 0 Å². The van der Waals surface area contributed by atoms with E-state index in [-0.39, 0.29) is 76.2 Å². The van der Waals surface area contributed by atoms with E-state index in [0.29, 0.717) is 113 Å². The Kier molecular flexibility index (Phi) is 20.9. The second-order valence-electron chi connectivity index (χ2n) is 24.7. The zero-order valence-corrected chi connectivity index (χ0v) is 57.1. The third-order valence-corrected chi connectivity index (χ3v) is 18.0. The number of benzene rings is 3. The molecule has 3 atom stereocenters. The molecule has 0 bridgehead atoms.